The predicted octanol–water partition coefficient (Wildman–Crippen LogP) is 0.645. The summed E-state index contributed by atoms with van der Waals surface area (Å²) < 4.78 is 0. The zero-order chi connectivity index (χ0) is 0. The van der Waals surface area contributed by atoms with E-state index in [1.807, 2.05) is 0 Å². The molecule has 0 amide bonds. The Morgan fingerprint density at radius 2 is 0.400 bits per heavy atom. The summed E-state index contributed by atoms with van der Waals surface area (Å²) in [7, 11) is 0. The molecule has 5 heteroatoms. The van der Waals surface area contributed by atoms with Crippen molar-refractivity contribution in [2.75, 3.05) is 0 Å². The van der Waals surface area contributed by atoms with Crippen LogP contribution in [0, 0.1) is 0 Å². The van der Waals surface area contributed by atoms with Crippen LogP contribution in [0.1, 0.15) is 0 Å². The van der Waals surface area contributed by atoms with Crippen LogP contribution < -0.4 is 24.6 Å². The second-order valence-corrected chi connectivity index (χ2v) is 0. The molecule has 0 atom stereocenters. The van der Waals surface area contributed by atoms with Crippen molar-refractivity contribution in [1.82, 2.24) is 24.6 Å². The van der Waals surface area contributed by atoms with Crippen molar-refractivity contribution in [2.24, 2.45) is 0 Å². The second kappa shape index (κ2) is 381. The van der Waals surface area contributed by atoms with Gasteiger partial charge in [0.05, 0.1) is 0 Å². The van der Waals surface area contributed by atoms with E-state index in [-0.39, 0.29) is 41.7 Å². The molecule has 0 rings (SSSR count). The molecule has 0 heterocycles. The number of hydrogen-bond donors (Lipinski definition) is 4. The molecule has 0 saturated carbocycles. The summed E-state index contributed by atoms with van der Waals surface area (Å²) in [6.45, 7) is 0. The first-order valence-corrected chi connectivity index (χ1v) is 0. The molecule has 39 valence electrons. The molecule has 0 aromatic rings. The molecule has 5 heavy (non-hydrogen) atoms. The molecule has 0 aliphatic rings. The van der Waals surface area contributed by atoms with E-state index in [1.165, 1.54) is 0 Å². The normalized spacial score (nSPS) is 0. The molecule has 4 nitrogen and oxygen atoms in total. The topological polar surface area (TPSA) is 140 Å². The van der Waals surface area contributed by atoms with Gasteiger partial charge in [-0.05, 0) is 0 Å². The third-order valence-corrected chi connectivity index (χ3v) is 0. The number of rotatable bonds is 0. The Hall–Kier alpha value is 0.359. The van der Waals surface area contributed by atoms with Crippen LogP contribution >= 0.6 is 0 Å². The molecule has 0 aromatic heterocycles. The van der Waals surface area contributed by atoms with Crippen LogP contribution in [0.15, 0.2) is 0 Å². The van der Waals surface area contributed by atoms with Crippen molar-refractivity contribution < 1.29 is 17.1 Å². The third kappa shape index (κ3) is 188. The molecule has 1 radical (unpaired) electrons. The van der Waals surface area contributed by atoms with Gasteiger partial charge in [0.15, 0.2) is 0 Å². The summed E-state index contributed by atoms with van der Waals surface area (Å²) in [6.07, 6.45) is 0. The molecule has 0 spiro atoms. The summed E-state index contributed by atoms with van der Waals surface area (Å²) in [5, 5.41) is 0. The minimum Gasteiger partial charge on any atom is -0.344 e. The molecular formula is H12MnN4. The summed E-state index contributed by atoms with van der Waals surface area (Å²) in [6, 6.07) is 0. The fraction of sp³-hybridized carbons (Fsp3) is 0. The Kier molecular flexibility index (Phi) is 60000. The maximum absolute atomic E-state index is 0. The second-order valence-electron chi connectivity index (χ2n) is 0. The van der Waals surface area contributed by atoms with E-state index in [0.29, 0.717) is 0 Å². The first-order chi connectivity index (χ1) is 0. The summed E-state index contributed by atoms with van der Waals surface area (Å²) >= 11 is 0. The van der Waals surface area contributed by atoms with Crippen molar-refractivity contribution in [2.45, 2.75) is 0 Å². The van der Waals surface area contributed by atoms with Crippen LogP contribution in [0.5, 0.6) is 0 Å². The molecule has 0 aliphatic carbocycles. The van der Waals surface area contributed by atoms with Crippen molar-refractivity contribution >= 4 is 0 Å². The van der Waals surface area contributed by atoms with Crippen molar-refractivity contribution in [1.29, 1.82) is 0 Å². The first kappa shape index (κ1) is 788. The van der Waals surface area contributed by atoms with E-state index < -0.39 is 0 Å². The van der Waals surface area contributed by atoms with Gasteiger partial charge in [-0.3, -0.25) is 0 Å². The monoisotopic (exact) mass is 123 g/mol. The average Bonchev–Trinajstić information content (AvgIpc) is 0. The van der Waals surface area contributed by atoms with E-state index in [1.54, 1.807) is 0 Å². The molecule has 0 unspecified atom stereocenters. The maximum atomic E-state index is 0. The quantitative estimate of drug-likeness (QED) is 0.351. The van der Waals surface area contributed by atoms with Crippen molar-refractivity contribution in [3.8, 4) is 0 Å². The zero-order valence-corrected chi connectivity index (χ0v) is 4.39. The van der Waals surface area contributed by atoms with Crippen LogP contribution in [-0.2, 0) is 17.1 Å². The first-order valence-electron chi connectivity index (χ1n) is 0. The predicted molar refractivity (Wildman–Crippen MR) is 20.1 cm³/mol. The fourth-order valence-electron chi connectivity index (χ4n) is 0. The summed E-state index contributed by atoms with van der Waals surface area (Å²) in [5.41, 5.74) is 0. The van der Waals surface area contributed by atoms with E-state index >= 15 is 0 Å². The molecule has 0 aromatic carbocycles. The van der Waals surface area contributed by atoms with E-state index in [0.717, 1.165) is 0 Å². The average molecular weight is 123 g/mol. The van der Waals surface area contributed by atoms with Crippen molar-refractivity contribution in [3.63, 3.8) is 0 Å². The Morgan fingerprint density at radius 1 is 0.400 bits per heavy atom. The maximum Gasteiger partial charge on any atom is 0 e. The van der Waals surface area contributed by atoms with Crippen LogP contribution in [-0.4, -0.2) is 0 Å². The van der Waals surface area contributed by atoms with Gasteiger partial charge in [-0.15, -0.1) is 0 Å². The zero-order valence-electron chi connectivity index (χ0n) is 3.21. The molecule has 0 saturated heterocycles. The summed E-state index contributed by atoms with van der Waals surface area (Å²) in [5.74, 6) is 0. The van der Waals surface area contributed by atoms with Gasteiger partial charge in [0, 0.05) is 17.1 Å². The fourth-order valence-corrected chi connectivity index (χ4v) is 0. The Balaban J connectivity index is 0. The smallest absolute Gasteiger partial charge is 0 e. The van der Waals surface area contributed by atoms with Gasteiger partial charge >= 0.3 is 0 Å². The van der Waals surface area contributed by atoms with Crippen LogP contribution in [0.4, 0.5) is 0 Å². The molecule has 12 N–H and O–H groups in total. The van der Waals surface area contributed by atoms with E-state index in [4.69, 9.17) is 0 Å². The summed E-state index contributed by atoms with van der Waals surface area (Å²) in [4.78, 5) is 0. The SMILES string of the molecule is N.N.N.N.[Mn]. The Bertz CT molecular complexity index is 3.61. The van der Waals surface area contributed by atoms with Gasteiger partial charge in [-0.1, -0.05) is 0 Å². The Labute approximate surface area is 42.5 Å². The van der Waals surface area contributed by atoms with Gasteiger partial charge in [0.25, 0.3) is 0 Å². The van der Waals surface area contributed by atoms with Gasteiger partial charge < -0.3 is 24.6 Å². The molecule has 0 fully saturated rings. The number of hydrogen-bond acceptors (Lipinski definition) is 4. The van der Waals surface area contributed by atoms with Crippen molar-refractivity contribution in [3.05, 3.63) is 0 Å². The van der Waals surface area contributed by atoms with E-state index in [9.17, 15) is 0 Å². The van der Waals surface area contributed by atoms with Gasteiger partial charge in [-0.2, -0.15) is 0 Å². The van der Waals surface area contributed by atoms with Gasteiger partial charge in [-0.25, -0.2) is 0 Å². The Morgan fingerprint density at radius 3 is 0.400 bits per heavy atom. The van der Waals surface area contributed by atoms with Crippen LogP contribution in [0.25, 0.3) is 0 Å². The van der Waals surface area contributed by atoms with E-state index in [2.05, 4.69) is 0 Å². The van der Waals surface area contributed by atoms with Gasteiger partial charge in [0.1, 0.15) is 0 Å². The molecule has 0 aliphatic heterocycles. The van der Waals surface area contributed by atoms with Crippen LogP contribution in [0.3, 0.4) is 0 Å². The standard InChI is InChI=1S/Mn.4H3N/h;4*1H3. The minimum absolute atomic E-state index is 0. The van der Waals surface area contributed by atoms with Gasteiger partial charge in [0.2, 0.25) is 0 Å². The largest absolute Gasteiger partial charge is 0.344 e. The van der Waals surface area contributed by atoms with Crippen LogP contribution in [0.2, 0.25) is 0 Å². The molecular weight excluding hydrogens is 111 g/mol. The molecule has 0 bridgehead atoms. The minimum atomic E-state index is 0. The third-order valence-electron chi connectivity index (χ3n) is 0.